The van der Waals surface area contributed by atoms with E-state index in [0.717, 1.165) is 22.6 Å². The molecule has 0 radical (unpaired) electrons. The number of carbonyl (C=O) groups is 1. The molecule has 0 saturated heterocycles. The van der Waals surface area contributed by atoms with Crippen LogP contribution in [0.15, 0.2) is 47.4 Å². The van der Waals surface area contributed by atoms with Gasteiger partial charge in [0.1, 0.15) is 17.3 Å². The number of hydrogen-bond acceptors (Lipinski definition) is 2. The summed E-state index contributed by atoms with van der Waals surface area (Å²) in [5.41, 5.74) is 0.726. The molecular weight excluding hydrogens is 292 g/mol. The molecule has 2 aromatic rings. The van der Waals surface area contributed by atoms with Crippen molar-refractivity contribution in [3.05, 3.63) is 59.7 Å². The maximum atomic E-state index is 13.5. The van der Waals surface area contributed by atoms with Crippen molar-refractivity contribution in [2.75, 3.05) is 5.32 Å². The standard InChI is InChI=1S/C16H15F2NOS/c1-10-6-8-12(9-7-10)21-11(2)16(20)19-15-13(17)4-3-5-14(15)18/h3-9,11H,1-2H3,(H,19,20). The molecule has 1 N–H and O–H groups in total. The van der Waals surface area contributed by atoms with Gasteiger partial charge in [-0.25, -0.2) is 8.78 Å². The Hall–Kier alpha value is -1.88. The largest absolute Gasteiger partial charge is 0.320 e. The minimum absolute atomic E-state index is 0.404. The fraction of sp³-hybridized carbons (Fsp3) is 0.188. The third-order valence-electron chi connectivity index (χ3n) is 2.91. The number of rotatable bonds is 4. The smallest absolute Gasteiger partial charge is 0.237 e. The molecule has 0 aromatic heterocycles. The van der Waals surface area contributed by atoms with Crippen LogP contribution in [-0.2, 0) is 4.79 Å². The molecule has 0 bridgehead atoms. The summed E-state index contributed by atoms with van der Waals surface area (Å²) in [6.07, 6.45) is 0. The minimum Gasteiger partial charge on any atom is -0.320 e. The average molecular weight is 307 g/mol. The average Bonchev–Trinajstić information content (AvgIpc) is 2.45. The molecule has 5 heteroatoms. The van der Waals surface area contributed by atoms with Gasteiger partial charge in [0.05, 0.1) is 5.25 Å². The van der Waals surface area contributed by atoms with E-state index in [0.29, 0.717) is 0 Å². The van der Waals surface area contributed by atoms with E-state index < -0.39 is 28.5 Å². The Balaban J connectivity index is 2.04. The molecule has 2 aromatic carbocycles. The summed E-state index contributed by atoms with van der Waals surface area (Å²) in [6.45, 7) is 3.67. The predicted molar refractivity (Wildman–Crippen MR) is 81.5 cm³/mol. The summed E-state index contributed by atoms with van der Waals surface area (Å²) >= 11 is 1.33. The number of nitrogens with one attached hydrogen (secondary N) is 1. The second kappa shape index (κ2) is 6.72. The highest BCUT2D eigenvalue weighted by atomic mass is 32.2. The van der Waals surface area contributed by atoms with Crippen LogP contribution in [0, 0.1) is 18.6 Å². The van der Waals surface area contributed by atoms with E-state index >= 15 is 0 Å². The molecule has 1 atom stereocenters. The van der Waals surface area contributed by atoms with Crippen LogP contribution in [0.3, 0.4) is 0 Å². The van der Waals surface area contributed by atoms with Gasteiger partial charge in [-0.3, -0.25) is 4.79 Å². The van der Waals surface area contributed by atoms with Crippen LogP contribution in [0.2, 0.25) is 0 Å². The van der Waals surface area contributed by atoms with Crippen molar-refractivity contribution >= 4 is 23.4 Å². The molecule has 2 rings (SSSR count). The topological polar surface area (TPSA) is 29.1 Å². The number of thioether (sulfide) groups is 1. The number of amides is 1. The van der Waals surface area contributed by atoms with E-state index in [1.165, 1.54) is 17.8 Å². The molecule has 0 fully saturated rings. The van der Waals surface area contributed by atoms with Crippen molar-refractivity contribution in [3.63, 3.8) is 0 Å². The first-order chi connectivity index (χ1) is 9.97. The quantitative estimate of drug-likeness (QED) is 0.849. The zero-order chi connectivity index (χ0) is 15.4. The summed E-state index contributed by atoms with van der Waals surface area (Å²) in [4.78, 5) is 13.0. The molecular formula is C16H15F2NOS. The molecule has 1 amide bonds. The van der Waals surface area contributed by atoms with Gasteiger partial charge in [0.25, 0.3) is 0 Å². The SMILES string of the molecule is Cc1ccc(SC(C)C(=O)Nc2c(F)cccc2F)cc1. The Morgan fingerprint density at radius 3 is 2.24 bits per heavy atom. The van der Waals surface area contributed by atoms with Crippen LogP contribution in [0.4, 0.5) is 14.5 Å². The summed E-state index contributed by atoms with van der Waals surface area (Å²) < 4.78 is 27.0. The van der Waals surface area contributed by atoms with Crippen LogP contribution < -0.4 is 5.32 Å². The Labute approximate surface area is 126 Å². The fourth-order valence-corrected chi connectivity index (χ4v) is 2.58. The first kappa shape index (κ1) is 15.5. The highest BCUT2D eigenvalue weighted by Crippen LogP contribution is 2.25. The lowest BCUT2D eigenvalue weighted by molar-refractivity contribution is -0.115. The van der Waals surface area contributed by atoms with E-state index in [9.17, 15) is 13.6 Å². The third kappa shape index (κ3) is 4.04. The molecule has 21 heavy (non-hydrogen) atoms. The molecule has 0 heterocycles. The van der Waals surface area contributed by atoms with Crippen LogP contribution in [0.25, 0.3) is 0 Å². The lowest BCUT2D eigenvalue weighted by atomic mass is 10.2. The van der Waals surface area contributed by atoms with Gasteiger partial charge in [0.2, 0.25) is 5.91 Å². The normalized spacial score (nSPS) is 12.0. The van der Waals surface area contributed by atoms with Gasteiger partial charge in [-0.2, -0.15) is 0 Å². The Bertz CT molecular complexity index is 623. The number of para-hydroxylation sites is 1. The zero-order valence-electron chi connectivity index (χ0n) is 11.7. The van der Waals surface area contributed by atoms with Crippen molar-refractivity contribution in [1.29, 1.82) is 0 Å². The van der Waals surface area contributed by atoms with Crippen LogP contribution in [0.1, 0.15) is 12.5 Å². The Kier molecular flexibility index (Phi) is 4.96. The second-order valence-corrected chi connectivity index (χ2v) is 6.07. The van der Waals surface area contributed by atoms with E-state index in [1.807, 2.05) is 31.2 Å². The fourth-order valence-electron chi connectivity index (χ4n) is 1.72. The van der Waals surface area contributed by atoms with E-state index in [-0.39, 0.29) is 0 Å². The third-order valence-corrected chi connectivity index (χ3v) is 4.03. The van der Waals surface area contributed by atoms with Gasteiger partial charge < -0.3 is 5.32 Å². The van der Waals surface area contributed by atoms with Crippen LogP contribution in [0.5, 0.6) is 0 Å². The number of aryl methyl sites for hydroxylation is 1. The van der Waals surface area contributed by atoms with Crippen LogP contribution >= 0.6 is 11.8 Å². The summed E-state index contributed by atoms with van der Waals surface area (Å²) in [6, 6.07) is 11.2. The zero-order valence-corrected chi connectivity index (χ0v) is 12.5. The van der Waals surface area contributed by atoms with Gasteiger partial charge in [-0.15, -0.1) is 11.8 Å². The van der Waals surface area contributed by atoms with Crippen molar-refractivity contribution < 1.29 is 13.6 Å². The van der Waals surface area contributed by atoms with Crippen molar-refractivity contribution in [2.24, 2.45) is 0 Å². The van der Waals surface area contributed by atoms with Gasteiger partial charge in [-0.05, 0) is 38.1 Å². The van der Waals surface area contributed by atoms with E-state index in [2.05, 4.69) is 5.32 Å². The first-order valence-electron chi connectivity index (χ1n) is 6.45. The summed E-state index contributed by atoms with van der Waals surface area (Å²) in [7, 11) is 0. The maximum absolute atomic E-state index is 13.5. The van der Waals surface area contributed by atoms with Crippen molar-refractivity contribution in [1.82, 2.24) is 0 Å². The number of hydrogen-bond donors (Lipinski definition) is 1. The highest BCUT2D eigenvalue weighted by Gasteiger charge is 2.18. The second-order valence-electron chi connectivity index (χ2n) is 4.66. The van der Waals surface area contributed by atoms with Gasteiger partial charge in [0, 0.05) is 4.90 Å². The van der Waals surface area contributed by atoms with Crippen LogP contribution in [-0.4, -0.2) is 11.2 Å². The Morgan fingerprint density at radius 2 is 1.67 bits per heavy atom. The van der Waals surface area contributed by atoms with Crippen molar-refractivity contribution in [3.8, 4) is 0 Å². The number of benzene rings is 2. The van der Waals surface area contributed by atoms with Gasteiger partial charge in [0.15, 0.2) is 0 Å². The highest BCUT2D eigenvalue weighted by molar-refractivity contribution is 8.00. The molecule has 110 valence electrons. The first-order valence-corrected chi connectivity index (χ1v) is 7.33. The maximum Gasteiger partial charge on any atom is 0.237 e. The monoisotopic (exact) mass is 307 g/mol. The molecule has 0 spiro atoms. The molecule has 2 nitrogen and oxygen atoms in total. The Morgan fingerprint density at radius 1 is 1.10 bits per heavy atom. The lowest BCUT2D eigenvalue weighted by Gasteiger charge is -2.13. The number of carbonyl (C=O) groups excluding carboxylic acids is 1. The molecule has 0 aliphatic heterocycles. The van der Waals surface area contributed by atoms with Gasteiger partial charge >= 0.3 is 0 Å². The number of anilines is 1. The van der Waals surface area contributed by atoms with E-state index in [1.54, 1.807) is 6.92 Å². The van der Waals surface area contributed by atoms with Crippen molar-refractivity contribution in [2.45, 2.75) is 24.0 Å². The lowest BCUT2D eigenvalue weighted by Crippen LogP contribution is -2.23. The minimum atomic E-state index is -0.782. The molecule has 0 aliphatic carbocycles. The molecule has 1 unspecified atom stereocenters. The molecule has 0 saturated carbocycles. The van der Waals surface area contributed by atoms with E-state index in [4.69, 9.17) is 0 Å². The van der Waals surface area contributed by atoms with Gasteiger partial charge in [-0.1, -0.05) is 23.8 Å². The molecule has 0 aliphatic rings. The number of halogens is 2. The summed E-state index contributed by atoms with van der Waals surface area (Å²) in [5, 5.41) is 1.83. The predicted octanol–water partition coefficient (Wildman–Crippen LogP) is 4.39. The summed E-state index contributed by atoms with van der Waals surface area (Å²) in [5.74, 6) is -2.00.